The summed E-state index contributed by atoms with van der Waals surface area (Å²) in [6, 6.07) is 19.4. The van der Waals surface area contributed by atoms with Crippen molar-refractivity contribution in [1.29, 1.82) is 0 Å². The summed E-state index contributed by atoms with van der Waals surface area (Å²) in [6.07, 6.45) is 2.36. The summed E-state index contributed by atoms with van der Waals surface area (Å²) >= 11 is 0. The predicted octanol–water partition coefficient (Wildman–Crippen LogP) is 3.52. The lowest BCUT2D eigenvalue weighted by atomic mass is 9.99. The van der Waals surface area contributed by atoms with Crippen LogP contribution < -0.4 is 5.32 Å². The number of benzene rings is 2. The molecule has 1 aliphatic heterocycles. The first kappa shape index (κ1) is 18.9. The highest BCUT2D eigenvalue weighted by Gasteiger charge is 2.22. The van der Waals surface area contributed by atoms with Crippen LogP contribution >= 0.6 is 0 Å². The number of hydrogen-bond acceptors (Lipinski definition) is 3. The Labute approximate surface area is 170 Å². The molecule has 0 unspecified atom stereocenters. The van der Waals surface area contributed by atoms with E-state index in [0.717, 1.165) is 12.0 Å². The van der Waals surface area contributed by atoms with Gasteiger partial charge in [0.15, 0.2) is 0 Å². The van der Waals surface area contributed by atoms with Crippen LogP contribution in [0.15, 0.2) is 66.9 Å². The molecular weight excluding hydrogens is 362 g/mol. The number of carbonyl (C=O) groups excluding carboxylic acids is 2. The molecule has 1 N–H and O–H groups in total. The van der Waals surface area contributed by atoms with Crippen molar-refractivity contribution in [1.82, 2.24) is 15.2 Å². The lowest BCUT2D eigenvalue weighted by molar-refractivity contribution is 0.0734. The van der Waals surface area contributed by atoms with E-state index in [1.807, 2.05) is 48.2 Å². The van der Waals surface area contributed by atoms with E-state index >= 15 is 0 Å². The number of rotatable bonds is 4. The van der Waals surface area contributed by atoms with Crippen molar-refractivity contribution in [2.75, 3.05) is 6.54 Å². The summed E-state index contributed by atoms with van der Waals surface area (Å²) < 4.78 is 0. The number of amides is 2. The normalized spacial score (nSPS) is 12.9. The average molecular weight is 385 g/mol. The molecule has 2 heterocycles. The zero-order valence-electron chi connectivity index (χ0n) is 16.4. The first-order valence-electron chi connectivity index (χ1n) is 9.76. The summed E-state index contributed by atoms with van der Waals surface area (Å²) in [7, 11) is 0. The van der Waals surface area contributed by atoms with Crippen LogP contribution in [0.5, 0.6) is 0 Å². The minimum atomic E-state index is -0.288. The summed E-state index contributed by atoms with van der Waals surface area (Å²) in [5, 5.41) is 2.87. The fraction of sp³-hybridized carbons (Fsp3) is 0.208. The van der Waals surface area contributed by atoms with Gasteiger partial charge in [0.05, 0.1) is 0 Å². The zero-order chi connectivity index (χ0) is 20.2. The third kappa shape index (κ3) is 4.35. The van der Waals surface area contributed by atoms with Gasteiger partial charge in [-0.25, -0.2) is 0 Å². The molecule has 146 valence electrons. The van der Waals surface area contributed by atoms with Gasteiger partial charge in [-0.3, -0.25) is 14.6 Å². The largest absolute Gasteiger partial charge is 0.347 e. The summed E-state index contributed by atoms with van der Waals surface area (Å²) in [4.78, 5) is 31.4. The molecule has 0 spiro atoms. The maximum absolute atomic E-state index is 13.0. The minimum Gasteiger partial charge on any atom is -0.347 e. The van der Waals surface area contributed by atoms with Crippen molar-refractivity contribution in [3.63, 3.8) is 0 Å². The molecular formula is C24H23N3O2. The number of pyridine rings is 1. The van der Waals surface area contributed by atoms with Gasteiger partial charge in [-0.2, -0.15) is 0 Å². The third-order valence-corrected chi connectivity index (χ3v) is 5.23. The number of fused-ring (bicyclic) bond motifs is 1. The minimum absolute atomic E-state index is 0.0745. The Hall–Kier alpha value is -3.47. The first-order chi connectivity index (χ1) is 14.1. The molecule has 29 heavy (non-hydrogen) atoms. The smallest absolute Gasteiger partial charge is 0.270 e. The van der Waals surface area contributed by atoms with E-state index in [0.29, 0.717) is 25.2 Å². The van der Waals surface area contributed by atoms with E-state index < -0.39 is 0 Å². The predicted molar refractivity (Wildman–Crippen MR) is 111 cm³/mol. The van der Waals surface area contributed by atoms with E-state index in [1.54, 1.807) is 12.1 Å². The van der Waals surface area contributed by atoms with Crippen LogP contribution in [-0.4, -0.2) is 28.2 Å². The molecule has 5 heteroatoms. The van der Waals surface area contributed by atoms with Gasteiger partial charge < -0.3 is 10.2 Å². The Morgan fingerprint density at radius 1 is 1.03 bits per heavy atom. The second-order valence-corrected chi connectivity index (χ2v) is 7.34. The molecule has 0 atom stereocenters. The van der Waals surface area contributed by atoms with Gasteiger partial charge in [-0.1, -0.05) is 54.1 Å². The van der Waals surface area contributed by atoms with E-state index in [2.05, 4.69) is 22.4 Å². The lowest BCUT2D eigenvalue weighted by Crippen LogP contribution is -2.36. The van der Waals surface area contributed by atoms with E-state index in [9.17, 15) is 9.59 Å². The van der Waals surface area contributed by atoms with Crippen LogP contribution in [-0.2, 0) is 19.5 Å². The Balaban J connectivity index is 1.43. The Bertz CT molecular complexity index is 1040. The van der Waals surface area contributed by atoms with E-state index in [1.165, 1.54) is 22.9 Å². The molecule has 0 fully saturated rings. The van der Waals surface area contributed by atoms with Crippen molar-refractivity contribution in [2.45, 2.75) is 26.4 Å². The zero-order valence-corrected chi connectivity index (χ0v) is 16.4. The van der Waals surface area contributed by atoms with Crippen LogP contribution in [0.25, 0.3) is 0 Å². The van der Waals surface area contributed by atoms with Crippen molar-refractivity contribution in [3.05, 3.63) is 100 Å². The Morgan fingerprint density at radius 3 is 2.59 bits per heavy atom. The van der Waals surface area contributed by atoms with Crippen LogP contribution in [0.3, 0.4) is 0 Å². The van der Waals surface area contributed by atoms with Gasteiger partial charge >= 0.3 is 0 Å². The molecule has 1 aromatic heterocycles. The monoisotopic (exact) mass is 385 g/mol. The first-order valence-corrected chi connectivity index (χ1v) is 9.76. The molecule has 3 aromatic rings. The molecule has 0 aliphatic carbocycles. The van der Waals surface area contributed by atoms with Crippen molar-refractivity contribution in [2.24, 2.45) is 0 Å². The third-order valence-electron chi connectivity index (χ3n) is 5.23. The Morgan fingerprint density at radius 2 is 1.79 bits per heavy atom. The quantitative estimate of drug-likeness (QED) is 0.747. The molecule has 1 aliphatic rings. The molecule has 2 aromatic carbocycles. The van der Waals surface area contributed by atoms with Gasteiger partial charge in [-0.15, -0.1) is 0 Å². The van der Waals surface area contributed by atoms with Crippen molar-refractivity contribution < 1.29 is 9.59 Å². The number of carbonyl (C=O) groups is 2. The molecule has 2 amide bonds. The molecule has 0 saturated carbocycles. The highest BCUT2D eigenvalue weighted by Crippen LogP contribution is 2.20. The summed E-state index contributed by atoms with van der Waals surface area (Å²) in [6.45, 7) is 3.71. The molecule has 0 bridgehead atoms. The second kappa shape index (κ2) is 8.27. The number of aryl methyl sites for hydroxylation is 1. The van der Waals surface area contributed by atoms with Crippen molar-refractivity contribution in [3.8, 4) is 0 Å². The maximum atomic E-state index is 13.0. The topological polar surface area (TPSA) is 62.3 Å². The SMILES string of the molecule is Cc1ccc(CNC(=O)c2cc(C(=O)N3CCc4ccccc4C3)ccn2)cc1. The number of nitrogens with one attached hydrogen (secondary N) is 1. The summed E-state index contributed by atoms with van der Waals surface area (Å²) in [5.41, 5.74) is 5.40. The second-order valence-electron chi connectivity index (χ2n) is 7.34. The van der Waals surface area contributed by atoms with Gasteiger partial charge in [0.2, 0.25) is 0 Å². The van der Waals surface area contributed by atoms with Crippen LogP contribution in [0, 0.1) is 6.92 Å². The van der Waals surface area contributed by atoms with Crippen LogP contribution in [0.4, 0.5) is 0 Å². The molecule has 0 radical (unpaired) electrons. The fourth-order valence-electron chi connectivity index (χ4n) is 3.52. The fourth-order valence-corrected chi connectivity index (χ4v) is 3.52. The van der Waals surface area contributed by atoms with Gasteiger partial charge in [0.25, 0.3) is 11.8 Å². The van der Waals surface area contributed by atoms with Crippen molar-refractivity contribution >= 4 is 11.8 Å². The van der Waals surface area contributed by atoms with Gasteiger partial charge in [-0.05, 0) is 42.2 Å². The maximum Gasteiger partial charge on any atom is 0.270 e. The number of nitrogens with zero attached hydrogens (tertiary/aromatic N) is 2. The summed E-state index contributed by atoms with van der Waals surface area (Å²) in [5.74, 6) is -0.362. The van der Waals surface area contributed by atoms with Crippen LogP contribution in [0.2, 0.25) is 0 Å². The highest BCUT2D eigenvalue weighted by atomic mass is 16.2. The van der Waals surface area contributed by atoms with Gasteiger partial charge in [0, 0.05) is 31.4 Å². The molecule has 0 saturated heterocycles. The van der Waals surface area contributed by atoms with E-state index in [4.69, 9.17) is 0 Å². The molecule has 5 nitrogen and oxygen atoms in total. The molecule has 4 rings (SSSR count). The standard InChI is InChI=1S/C24H23N3O2/c1-17-6-8-18(9-7-17)15-26-23(28)22-14-20(10-12-25-22)24(29)27-13-11-19-4-2-3-5-21(19)16-27/h2-10,12,14H,11,13,15-16H2,1H3,(H,26,28). The van der Waals surface area contributed by atoms with Crippen LogP contribution in [0.1, 0.15) is 43.1 Å². The Kier molecular flexibility index (Phi) is 5.38. The number of aromatic nitrogens is 1. The van der Waals surface area contributed by atoms with E-state index in [-0.39, 0.29) is 17.5 Å². The average Bonchev–Trinajstić information content (AvgIpc) is 2.77. The highest BCUT2D eigenvalue weighted by molar-refractivity contribution is 5.98. The number of hydrogen-bond donors (Lipinski definition) is 1. The van der Waals surface area contributed by atoms with Gasteiger partial charge in [0.1, 0.15) is 5.69 Å². The lowest BCUT2D eigenvalue weighted by Gasteiger charge is -2.29.